The van der Waals surface area contributed by atoms with E-state index in [-0.39, 0.29) is 12.1 Å². The molecule has 4 aromatic rings. The van der Waals surface area contributed by atoms with E-state index >= 15 is 0 Å². The minimum Gasteiger partial charge on any atom is -0.329 e. The zero-order chi connectivity index (χ0) is 23.5. The highest BCUT2D eigenvalue weighted by atomic mass is 79.9. The molecule has 0 aliphatic carbocycles. The topological polar surface area (TPSA) is 41.4 Å². The minimum absolute atomic E-state index is 0.0776. The lowest BCUT2D eigenvalue weighted by molar-refractivity contribution is 0.217. The van der Waals surface area contributed by atoms with E-state index in [4.69, 9.17) is 0 Å². The summed E-state index contributed by atoms with van der Waals surface area (Å²) in [5.74, 6) is 0. The summed E-state index contributed by atoms with van der Waals surface area (Å²) in [4.78, 5) is 22.2. The van der Waals surface area contributed by atoms with E-state index in [9.17, 15) is 4.79 Å². The van der Waals surface area contributed by atoms with Crippen LogP contribution >= 0.6 is 15.9 Å². The normalized spacial score (nSPS) is 16.1. The van der Waals surface area contributed by atoms with Gasteiger partial charge in [0, 0.05) is 29.1 Å². The van der Waals surface area contributed by atoms with Gasteiger partial charge in [-0.05, 0) is 35.6 Å². The molecule has 1 unspecified atom stereocenters. The first-order chi connectivity index (χ1) is 16.6. The Bertz CT molecular complexity index is 1280. The second-order valence-corrected chi connectivity index (χ2v) is 9.88. The number of anilines is 1. The number of rotatable bonds is 8. The van der Waals surface area contributed by atoms with Crippen LogP contribution in [-0.2, 0) is 13.1 Å². The number of nitrogens with zero attached hydrogens (tertiary/aromatic N) is 4. The Morgan fingerprint density at radius 1 is 1.00 bits per heavy atom. The zero-order valence-corrected chi connectivity index (χ0v) is 21.0. The number of unbranched alkanes of at least 4 members (excludes halogenated alkanes) is 1. The molecule has 1 aliphatic heterocycles. The standard InChI is InChI=1S/C28H29BrN4O/c1-2-3-9-24-18-31(19-25-16-30-20-32(25)17-21-12-14-23(29)15-13-21)28(34)33(24)27-11-6-8-22-7-4-5-10-26(22)27/h4-8,10-16,20,24H,2-3,9,17-19H2,1H3. The fraction of sp³-hybridized carbons (Fsp3) is 0.286. The van der Waals surface area contributed by atoms with Gasteiger partial charge in [0.15, 0.2) is 0 Å². The monoisotopic (exact) mass is 516 g/mol. The molecule has 5 nitrogen and oxygen atoms in total. The molecule has 1 atom stereocenters. The van der Waals surface area contributed by atoms with Crippen molar-refractivity contribution < 1.29 is 4.79 Å². The van der Waals surface area contributed by atoms with E-state index in [1.807, 2.05) is 34.5 Å². The molecule has 2 heterocycles. The molecule has 0 radical (unpaired) electrons. The summed E-state index contributed by atoms with van der Waals surface area (Å²) in [6.45, 7) is 4.22. The van der Waals surface area contributed by atoms with Gasteiger partial charge in [-0.15, -0.1) is 0 Å². The van der Waals surface area contributed by atoms with Crippen LogP contribution in [0.5, 0.6) is 0 Å². The average molecular weight is 517 g/mol. The van der Waals surface area contributed by atoms with Gasteiger partial charge in [0.2, 0.25) is 0 Å². The number of aromatic nitrogens is 2. The van der Waals surface area contributed by atoms with Crippen molar-refractivity contribution in [3.05, 3.63) is 95.0 Å². The zero-order valence-electron chi connectivity index (χ0n) is 19.4. The van der Waals surface area contributed by atoms with Crippen molar-refractivity contribution in [1.82, 2.24) is 14.5 Å². The molecule has 1 aromatic heterocycles. The summed E-state index contributed by atoms with van der Waals surface area (Å²) in [6, 6.07) is 23.1. The summed E-state index contributed by atoms with van der Waals surface area (Å²) in [5.41, 5.74) is 3.26. The molecule has 6 heteroatoms. The Hall–Kier alpha value is -3.12. The number of carbonyl (C=O) groups excluding carboxylic acids is 1. The van der Waals surface area contributed by atoms with Crippen LogP contribution in [0.15, 0.2) is 83.7 Å². The van der Waals surface area contributed by atoms with Gasteiger partial charge < -0.3 is 9.47 Å². The van der Waals surface area contributed by atoms with Gasteiger partial charge in [0.25, 0.3) is 0 Å². The lowest BCUT2D eigenvalue weighted by Crippen LogP contribution is -2.35. The Morgan fingerprint density at radius 2 is 1.79 bits per heavy atom. The van der Waals surface area contributed by atoms with Crippen molar-refractivity contribution in [3.8, 4) is 0 Å². The molecule has 34 heavy (non-hydrogen) atoms. The average Bonchev–Trinajstić information content (AvgIpc) is 3.42. The number of halogens is 1. The Kier molecular flexibility index (Phi) is 6.68. The third-order valence-corrected chi connectivity index (χ3v) is 7.14. The van der Waals surface area contributed by atoms with Crippen molar-refractivity contribution >= 4 is 38.4 Å². The summed E-state index contributed by atoms with van der Waals surface area (Å²) in [6.07, 6.45) is 6.96. The molecular weight excluding hydrogens is 488 g/mol. The predicted molar refractivity (Wildman–Crippen MR) is 141 cm³/mol. The minimum atomic E-state index is 0.0776. The van der Waals surface area contributed by atoms with Crippen LogP contribution in [-0.4, -0.2) is 33.1 Å². The van der Waals surface area contributed by atoms with Gasteiger partial charge in [0.1, 0.15) is 0 Å². The molecule has 3 aromatic carbocycles. The summed E-state index contributed by atoms with van der Waals surface area (Å²) in [5, 5.41) is 2.29. The fourth-order valence-corrected chi connectivity index (χ4v) is 5.10. The van der Waals surface area contributed by atoms with Gasteiger partial charge in [-0.2, -0.15) is 0 Å². The molecule has 1 aliphatic rings. The van der Waals surface area contributed by atoms with E-state index in [2.05, 4.69) is 87.0 Å². The van der Waals surface area contributed by atoms with Gasteiger partial charge in [0.05, 0.1) is 30.3 Å². The van der Waals surface area contributed by atoms with E-state index in [0.29, 0.717) is 6.54 Å². The summed E-state index contributed by atoms with van der Waals surface area (Å²) < 4.78 is 3.20. The highest BCUT2D eigenvalue weighted by Gasteiger charge is 2.38. The maximum Gasteiger partial charge on any atom is 0.325 e. The van der Waals surface area contributed by atoms with Crippen LogP contribution in [0.3, 0.4) is 0 Å². The molecule has 0 N–H and O–H groups in total. The third kappa shape index (κ3) is 4.60. The van der Waals surface area contributed by atoms with Crippen LogP contribution in [0.1, 0.15) is 37.4 Å². The highest BCUT2D eigenvalue weighted by molar-refractivity contribution is 9.10. The number of fused-ring (bicyclic) bond motifs is 1. The number of imidazole rings is 1. The maximum absolute atomic E-state index is 13.8. The highest BCUT2D eigenvalue weighted by Crippen LogP contribution is 2.34. The molecule has 0 bridgehead atoms. The third-order valence-electron chi connectivity index (χ3n) is 6.61. The maximum atomic E-state index is 13.8. The Balaban J connectivity index is 1.41. The van der Waals surface area contributed by atoms with Crippen molar-refractivity contribution in [1.29, 1.82) is 0 Å². The van der Waals surface area contributed by atoms with Gasteiger partial charge in [-0.1, -0.05) is 84.2 Å². The van der Waals surface area contributed by atoms with Crippen LogP contribution in [0.2, 0.25) is 0 Å². The molecule has 0 saturated carbocycles. The SMILES string of the molecule is CCCCC1CN(Cc2cncn2Cc2ccc(Br)cc2)C(=O)N1c1cccc2ccccc12. The molecule has 1 saturated heterocycles. The number of benzene rings is 3. The van der Waals surface area contributed by atoms with Crippen molar-refractivity contribution in [2.75, 3.05) is 11.4 Å². The lowest BCUT2D eigenvalue weighted by Gasteiger charge is -2.25. The number of carbonyl (C=O) groups is 1. The summed E-state index contributed by atoms with van der Waals surface area (Å²) in [7, 11) is 0. The first-order valence-corrected chi connectivity index (χ1v) is 12.7. The van der Waals surface area contributed by atoms with E-state index < -0.39 is 0 Å². The van der Waals surface area contributed by atoms with Crippen LogP contribution in [0.4, 0.5) is 10.5 Å². The number of hydrogen-bond donors (Lipinski definition) is 0. The lowest BCUT2D eigenvalue weighted by atomic mass is 10.1. The second kappa shape index (κ2) is 10.0. The number of hydrogen-bond acceptors (Lipinski definition) is 2. The first-order valence-electron chi connectivity index (χ1n) is 11.9. The first kappa shape index (κ1) is 22.7. The quantitative estimate of drug-likeness (QED) is 0.257. The van der Waals surface area contributed by atoms with Crippen LogP contribution < -0.4 is 4.90 Å². The number of urea groups is 1. The van der Waals surface area contributed by atoms with Gasteiger partial charge >= 0.3 is 6.03 Å². The summed E-state index contributed by atoms with van der Waals surface area (Å²) >= 11 is 3.50. The van der Waals surface area contributed by atoms with E-state index in [1.54, 1.807) is 0 Å². The number of amides is 2. The van der Waals surface area contributed by atoms with Gasteiger partial charge in [-0.25, -0.2) is 9.78 Å². The van der Waals surface area contributed by atoms with Crippen molar-refractivity contribution in [2.24, 2.45) is 0 Å². The van der Waals surface area contributed by atoms with Crippen molar-refractivity contribution in [3.63, 3.8) is 0 Å². The predicted octanol–water partition coefficient (Wildman–Crippen LogP) is 6.85. The van der Waals surface area contributed by atoms with E-state index in [0.717, 1.165) is 59.0 Å². The molecule has 0 spiro atoms. The van der Waals surface area contributed by atoms with Crippen LogP contribution in [0, 0.1) is 0 Å². The smallest absolute Gasteiger partial charge is 0.325 e. The van der Waals surface area contributed by atoms with E-state index in [1.165, 1.54) is 5.56 Å². The van der Waals surface area contributed by atoms with Crippen molar-refractivity contribution in [2.45, 2.75) is 45.3 Å². The van der Waals surface area contributed by atoms with Gasteiger partial charge in [-0.3, -0.25) is 4.90 Å². The van der Waals surface area contributed by atoms with Crippen LogP contribution in [0.25, 0.3) is 10.8 Å². The largest absolute Gasteiger partial charge is 0.329 e. The molecule has 174 valence electrons. The Labute approximate surface area is 209 Å². The molecule has 1 fully saturated rings. The fourth-order valence-electron chi connectivity index (χ4n) is 4.84. The Morgan fingerprint density at radius 3 is 2.62 bits per heavy atom. The molecule has 5 rings (SSSR count). The second-order valence-electron chi connectivity index (χ2n) is 8.97. The molecular formula is C28H29BrN4O. The molecule has 2 amide bonds.